The Labute approximate surface area is 205 Å². The van der Waals surface area contributed by atoms with Crippen LogP contribution in [0, 0.1) is 0 Å². The minimum Gasteiger partial charge on any atom is -0.497 e. The van der Waals surface area contributed by atoms with E-state index in [9.17, 15) is 4.79 Å². The van der Waals surface area contributed by atoms with Gasteiger partial charge in [0.1, 0.15) is 5.75 Å². The molecule has 3 aromatic rings. The molecule has 1 N–H and O–H groups in total. The summed E-state index contributed by atoms with van der Waals surface area (Å²) in [6, 6.07) is 8.16. The topological polar surface area (TPSA) is 98.2 Å². The summed E-state index contributed by atoms with van der Waals surface area (Å²) in [5, 5.41) is 13.8. The van der Waals surface area contributed by atoms with Crippen molar-refractivity contribution in [2.75, 3.05) is 13.7 Å². The van der Waals surface area contributed by atoms with Crippen LogP contribution in [0.1, 0.15) is 75.7 Å². The van der Waals surface area contributed by atoms with Crippen LogP contribution in [0.3, 0.4) is 0 Å². The fourth-order valence-electron chi connectivity index (χ4n) is 5.70. The van der Waals surface area contributed by atoms with Gasteiger partial charge in [-0.15, -0.1) is 5.10 Å². The largest absolute Gasteiger partial charge is 0.497 e. The van der Waals surface area contributed by atoms with E-state index in [4.69, 9.17) is 9.47 Å². The monoisotopic (exact) mass is 480 g/mol. The molecule has 1 aliphatic heterocycles. The number of tetrazole rings is 1. The predicted molar refractivity (Wildman–Crippen MR) is 133 cm³/mol. The van der Waals surface area contributed by atoms with Crippen molar-refractivity contribution in [3.05, 3.63) is 46.0 Å². The van der Waals surface area contributed by atoms with E-state index in [-0.39, 0.29) is 17.7 Å². The maximum atomic E-state index is 13.1. The summed E-state index contributed by atoms with van der Waals surface area (Å²) in [6.45, 7) is 4.22. The third-order valence-electron chi connectivity index (χ3n) is 7.57. The molecule has 188 valence electrons. The Morgan fingerprint density at radius 1 is 1.20 bits per heavy atom. The number of benzene rings is 1. The Kier molecular flexibility index (Phi) is 7.43. The summed E-state index contributed by atoms with van der Waals surface area (Å²) < 4.78 is 13.2. The molecule has 9 heteroatoms. The molecule has 35 heavy (non-hydrogen) atoms. The van der Waals surface area contributed by atoms with E-state index in [0.717, 1.165) is 66.8 Å². The van der Waals surface area contributed by atoms with E-state index >= 15 is 0 Å². The lowest BCUT2D eigenvalue weighted by atomic mass is 9.92. The van der Waals surface area contributed by atoms with Gasteiger partial charge in [0.25, 0.3) is 5.56 Å². The number of nitrogens with zero attached hydrogens (tertiary/aromatic N) is 5. The highest BCUT2D eigenvalue weighted by Crippen LogP contribution is 2.33. The first kappa shape index (κ1) is 23.9. The molecule has 1 aromatic carbocycles. The lowest BCUT2D eigenvalue weighted by Gasteiger charge is -2.39. The number of hydrogen-bond acceptors (Lipinski definition) is 7. The van der Waals surface area contributed by atoms with Gasteiger partial charge in [0, 0.05) is 35.7 Å². The number of aromatic nitrogens is 5. The van der Waals surface area contributed by atoms with Gasteiger partial charge < -0.3 is 14.5 Å². The first-order valence-corrected chi connectivity index (χ1v) is 13.0. The second-order valence-electron chi connectivity index (χ2n) is 9.82. The van der Waals surface area contributed by atoms with Gasteiger partial charge in [-0.3, -0.25) is 9.69 Å². The highest BCUT2D eigenvalue weighted by atomic mass is 16.5. The number of aromatic amines is 1. The van der Waals surface area contributed by atoms with Crippen molar-refractivity contribution in [3.63, 3.8) is 0 Å². The molecule has 2 unspecified atom stereocenters. The van der Waals surface area contributed by atoms with Crippen LogP contribution in [0.4, 0.5) is 0 Å². The Morgan fingerprint density at radius 2 is 2.06 bits per heavy atom. The zero-order chi connectivity index (χ0) is 24.2. The maximum absolute atomic E-state index is 13.1. The molecule has 1 aliphatic carbocycles. The Morgan fingerprint density at radius 3 is 2.80 bits per heavy atom. The molecule has 0 amide bonds. The number of pyridine rings is 1. The van der Waals surface area contributed by atoms with Gasteiger partial charge in [0.05, 0.1) is 25.8 Å². The normalized spacial score (nSPS) is 20.0. The molecule has 0 radical (unpaired) electrons. The van der Waals surface area contributed by atoms with E-state index < -0.39 is 0 Å². The molecule has 2 aliphatic rings. The first-order valence-electron chi connectivity index (χ1n) is 13.0. The summed E-state index contributed by atoms with van der Waals surface area (Å²) in [6.07, 6.45) is 9.10. The van der Waals surface area contributed by atoms with Crippen molar-refractivity contribution in [2.45, 2.75) is 89.6 Å². The lowest BCUT2D eigenvalue weighted by molar-refractivity contribution is 0.0734. The van der Waals surface area contributed by atoms with E-state index in [0.29, 0.717) is 19.1 Å². The minimum absolute atomic E-state index is 0.0231. The number of H-pyrrole nitrogens is 1. The standard InChI is InChI=1S/C26H36N6O3/c1-3-24(25-28-29-30-32(25)17-22-10-7-13-35-22)31(20-8-5-4-6-9-20)16-19-14-18-15-21(34-2)11-12-23(18)27-26(19)33/h11-12,14-15,20,22,24H,3-10,13,16-17H2,1-2H3,(H,27,33). The van der Waals surface area contributed by atoms with E-state index in [1.54, 1.807) is 7.11 Å². The van der Waals surface area contributed by atoms with Gasteiger partial charge in [-0.25, -0.2) is 4.68 Å². The van der Waals surface area contributed by atoms with Crippen molar-refractivity contribution in [2.24, 2.45) is 0 Å². The van der Waals surface area contributed by atoms with Crippen LogP contribution in [-0.2, 0) is 17.8 Å². The number of fused-ring (bicyclic) bond motifs is 1. The number of ether oxygens (including phenoxy) is 2. The average Bonchev–Trinajstić information content (AvgIpc) is 3.57. The number of hydrogen-bond donors (Lipinski definition) is 1. The van der Waals surface area contributed by atoms with Gasteiger partial charge in [-0.2, -0.15) is 0 Å². The second-order valence-corrected chi connectivity index (χ2v) is 9.82. The fourth-order valence-corrected chi connectivity index (χ4v) is 5.70. The van der Waals surface area contributed by atoms with Crippen molar-refractivity contribution < 1.29 is 9.47 Å². The van der Waals surface area contributed by atoms with Crippen molar-refractivity contribution in [3.8, 4) is 5.75 Å². The fraction of sp³-hybridized carbons (Fsp3) is 0.615. The molecular weight excluding hydrogens is 444 g/mol. The zero-order valence-electron chi connectivity index (χ0n) is 20.8. The zero-order valence-corrected chi connectivity index (χ0v) is 20.8. The van der Waals surface area contributed by atoms with E-state index in [1.165, 1.54) is 19.3 Å². The average molecular weight is 481 g/mol. The Balaban J connectivity index is 1.48. The van der Waals surface area contributed by atoms with Crippen LogP contribution in [0.5, 0.6) is 5.75 Å². The van der Waals surface area contributed by atoms with Gasteiger partial charge in [0.15, 0.2) is 5.82 Å². The quantitative estimate of drug-likeness (QED) is 0.494. The summed E-state index contributed by atoms with van der Waals surface area (Å²) in [5.74, 6) is 1.65. The van der Waals surface area contributed by atoms with Crippen molar-refractivity contribution >= 4 is 10.9 Å². The highest BCUT2D eigenvalue weighted by Gasteiger charge is 2.32. The number of rotatable bonds is 9. The van der Waals surface area contributed by atoms with Crippen LogP contribution < -0.4 is 10.3 Å². The Hall–Kier alpha value is -2.78. The molecule has 1 saturated carbocycles. The van der Waals surface area contributed by atoms with Crippen molar-refractivity contribution in [1.29, 1.82) is 0 Å². The molecule has 2 fully saturated rings. The number of nitrogens with one attached hydrogen (secondary N) is 1. The van der Waals surface area contributed by atoms with Crippen molar-refractivity contribution in [1.82, 2.24) is 30.1 Å². The molecule has 2 aromatic heterocycles. The van der Waals surface area contributed by atoms with Crippen LogP contribution in [0.2, 0.25) is 0 Å². The molecular formula is C26H36N6O3. The summed E-state index contributed by atoms with van der Waals surface area (Å²) >= 11 is 0. The maximum Gasteiger partial charge on any atom is 0.252 e. The van der Waals surface area contributed by atoms with Crippen LogP contribution in [0.15, 0.2) is 29.1 Å². The minimum atomic E-state index is -0.0442. The van der Waals surface area contributed by atoms with Gasteiger partial charge in [-0.05, 0) is 66.8 Å². The van der Waals surface area contributed by atoms with Crippen LogP contribution >= 0.6 is 0 Å². The molecule has 5 rings (SSSR count). The van der Waals surface area contributed by atoms with E-state index in [1.807, 2.05) is 28.9 Å². The van der Waals surface area contributed by atoms with Gasteiger partial charge >= 0.3 is 0 Å². The third kappa shape index (κ3) is 5.26. The predicted octanol–water partition coefficient (Wildman–Crippen LogP) is 3.99. The lowest BCUT2D eigenvalue weighted by Crippen LogP contribution is -2.41. The first-order chi connectivity index (χ1) is 17.2. The summed E-state index contributed by atoms with van der Waals surface area (Å²) in [7, 11) is 1.66. The van der Waals surface area contributed by atoms with Crippen LogP contribution in [0.25, 0.3) is 10.9 Å². The molecule has 1 saturated heterocycles. The molecule has 0 spiro atoms. The summed E-state index contributed by atoms with van der Waals surface area (Å²) in [5.41, 5.74) is 1.53. The molecule has 2 atom stereocenters. The summed E-state index contributed by atoms with van der Waals surface area (Å²) in [4.78, 5) is 18.7. The highest BCUT2D eigenvalue weighted by molar-refractivity contribution is 5.80. The smallest absolute Gasteiger partial charge is 0.252 e. The second kappa shape index (κ2) is 10.9. The molecule has 0 bridgehead atoms. The molecule has 9 nitrogen and oxygen atoms in total. The molecule has 3 heterocycles. The van der Waals surface area contributed by atoms with Gasteiger partial charge in [-0.1, -0.05) is 26.2 Å². The number of methoxy groups -OCH3 is 1. The van der Waals surface area contributed by atoms with Crippen LogP contribution in [-0.4, -0.2) is 56.0 Å². The Bertz CT molecular complexity index is 1180. The SMILES string of the molecule is CCC(c1nnnn1CC1CCCO1)N(Cc1cc2cc(OC)ccc2[nH]c1=O)C1CCCCC1. The van der Waals surface area contributed by atoms with E-state index in [2.05, 4.69) is 32.3 Å². The third-order valence-corrected chi connectivity index (χ3v) is 7.57. The van der Waals surface area contributed by atoms with Gasteiger partial charge in [0.2, 0.25) is 0 Å².